The molecule has 12 heavy (non-hydrogen) atoms. The maximum Gasteiger partial charge on any atom is 0.170 e. The second-order valence-electron chi connectivity index (χ2n) is 4.19. The monoisotopic (exact) mass is 172 g/mol. The highest BCUT2D eigenvalue weighted by Crippen LogP contribution is 2.10. The van der Waals surface area contributed by atoms with Crippen LogP contribution in [0.5, 0.6) is 0 Å². The molecule has 0 fully saturated rings. The van der Waals surface area contributed by atoms with Crippen molar-refractivity contribution in [2.75, 3.05) is 0 Å². The van der Waals surface area contributed by atoms with Crippen molar-refractivity contribution in [2.24, 2.45) is 16.1 Å². The van der Waals surface area contributed by atoms with Gasteiger partial charge in [0.05, 0.1) is 6.04 Å². The predicted molar refractivity (Wildman–Crippen MR) is 50.1 cm³/mol. The van der Waals surface area contributed by atoms with E-state index in [1.54, 1.807) is 13.8 Å². The number of nitrogens with zero attached hydrogens (tertiary/aromatic N) is 2. The lowest BCUT2D eigenvalue weighted by Gasteiger charge is -2.12. The SMILES string of the molecule is CC(C)CC(C)N=NC(C)(C)O. The Morgan fingerprint density at radius 2 is 1.75 bits per heavy atom. The molecule has 3 nitrogen and oxygen atoms in total. The molecule has 0 aliphatic carbocycles. The molecule has 0 spiro atoms. The van der Waals surface area contributed by atoms with E-state index in [0.29, 0.717) is 5.92 Å². The third-order valence-electron chi connectivity index (χ3n) is 1.31. The van der Waals surface area contributed by atoms with E-state index in [1.165, 1.54) is 0 Å². The quantitative estimate of drug-likeness (QED) is 0.651. The summed E-state index contributed by atoms with van der Waals surface area (Å²) in [5, 5.41) is 17.0. The maximum absolute atomic E-state index is 9.24. The topological polar surface area (TPSA) is 45.0 Å². The minimum Gasteiger partial charge on any atom is -0.368 e. The largest absolute Gasteiger partial charge is 0.368 e. The molecule has 0 saturated heterocycles. The van der Waals surface area contributed by atoms with Crippen LogP contribution in [0.25, 0.3) is 0 Å². The molecule has 1 atom stereocenters. The summed E-state index contributed by atoms with van der Waals surface area (Å²) in [5.74, 6) is 0.626. The van der Waals surface area contributed by atoms with E-state index >= 15 is 0 Å². The van der Waals surface area contributed by atoms with Gasteiger partial charge in [0.2, 0.25) is 0 Å². The zero-order chi connectivity index (χ0) is 9.78. The normalized spacial score (nSPS) is 15.9. The van der Waals surface area contributed by atoms with Gasteiger partial charge >= 0.3 is 0 Å². The van der Waals surface area contributed by atoms with E-state index in [9.17, 15) is 5.11 Å². The molecule has 0 radical (unpaired) electrons. The first-order valence-corrected chi connectivity index (χ1v) is 4.45. The van der Waals surface area contributed by atoms with E-state index < -0.39 is 5.72 Å². The van der Waals surface area contributed by atoms with E-state index in [-0.39, 0.29) is 6.04 Å². The molecule has 0 saturated carbocycles. The van der Waals surface area contributed by atoms with Crippen molar-refractivity contribution >= 4 is 0 Å². The zero-order valence-corrected chi connectivity index (χ0v) is 8.70. The second kappa shape index (κ2) is 4.55. The van der Waals surface area contributed by atoms with Gasteiger partial charge in [-0.25, -0.2) is 0 Å². The lowest BCUT2D eigenvalue weighted by molar-refractivity contribution is 0.0802. The van der Waals surface area contributed by atoms with Crippen LogP contribution in [0.3, 0.4) is 0 Å². The van der Waals surface area contributed by atoms with Crippen LogP contribution in [0, 0.1) is 5.92 Å². The number of rotatable bonds is 4. The molecule has 72 valence electrons. The van der Waals surface area contributed by atoms with Crippen molar-refractivity contribution in [1.82, 2.24) is 0 Å². The minimum absolute atomic E-state index is 0.205. The van der Waals surface area contributed by atoms with Crippen LogP contribution in [-0.4, -0.2) is 16.9 Å². The van der Waals surface area contributed by atoms with Crippen LogP contribution < -0.4 is 0 Å². The zero-order valence-electron chi connectivity index (χ0n) is 8.70. The Balaban J connectivity index is 3.83. The Morgan fingerprint density at radius 3 is 2.08 bits per heavy atom. The number of hydrogen-bond acceptors (Lipinski definition) is 3. The fourth-order valence-electron chi connectivity index (χ4n) is 0.969. The van der Waals surface area contributed by atoms with Crippen LogP contribution in [0.2, 0.25) is 0 Å². The molecule has 1 N–H and O–H groups in total. The summed E-state index contributed by atoms with van der Waals surface area (Å²) >= 11 is 0. The van der Waals surface area contributed by atoms with Crippen LogP contribution >= 0.6 is 0 Å². The summed E-state index contributed by atoms with van der Waals surface area (Å²) in [7, 11) is 0. The molecule has 0 heterocycles. The molecule has 0 rings (SSSR count). The predicted octanol–water partition coefficient (Wildman–Crippen LogP) is 2.60. The van der Waals surface area contributed by atoms with Crippen LogP contribution in [0.15, 0.2) is 10.2 Å². The number of hydrogen-bond donors (Lipinski definition) is 1. The molecule has 0 aromatic carbocycles. The fourth-order valence-corrected chi connectivity index (χ4v) is 0.969. The van der Waals surface area contributed by atoms with Gasteiger partial charge in [0.15, 0.2) is 5.72 Å². The smallest absolute Gasteiger partial charge is 0.170 e. The summed E-state index contributed by atoms with van der Waals surface area (Å²) in [4.78, 5) is 0. The fraction of sp³-hybridized carbons (Fsp3) is 1.00. The average Bonchev–Trinajstić information content (AvgIpc) is 1.80. The van der Waals surface area contributed by atoms with Crippen molar-refractivity contribution in [3.05, 3.63) is 0 Å². The van der Waals surface area contributed by atoms with Gasteiger partial charge < -0.3 is 5.11 Å². The van der Waals surface area contributed by atoms with Gasteiger partial charge in [-0.1, -0.05) is 13.8 Å². The van der Waals surface area contributed by atoms with Gasteiger partial charge in [-0.2, -0.15) is 10.2 Å². The van der Waals surface area contributed by atoms with Crippen LogP contribution in [0.1, 0.15) is 41.0 Å². The summed E-state index contributed by atoms with van der Waals surface area (Å²) in [5.41, 5.74) is -1.02. The summed E-state index contributed by atoms with van der Waals surface area (Å²) in [6.45, 7) is 9.55. The van der Waals surface area contributed by atoms with E-state index in [1.807, 2.05) is 6.92 Å². The Labute approximate surface area is 74.9 Å². The first-order chi connectivity index (χ1) is 5.31. The van der Waals surface area contributed by atoms with E-state index in [2.05, 4.69) is 24.1 Å². The Morgan fingerprint density at radius 1 is 1.25 bits per heavy atom. The Kier molecular flexibility index (Phi) is 4.39. The summed E-state index contributed by atoms with van der Waals surface area (Å²) < 4.78 is 0. The van der Waals surface area contributed by atoms with Crippen LogP contribution in [0.4, 0.5) is 0 Å². The first kappa shape index (κ1) is 11.6. The molecule has 0 aromatic heterocycles. The highest BCUT2D eigenvalue weighted by atomic mass is 16.3. The second-order valence-corrected chi connectivity index (χ2v) is 4.19. The Hall–Kier alpha value is -0.440. The Bertz CT molecular complexity index is 147. The highest BCUT2D eigenvalue weighted by Gasteiger charge is 2.10. The van der Waals surface area contributed by atoms with E-state index in [0.717, 1.165) is 6.42 Å². The summed E-state index contributed by atoms with van der Waals surface area (Å²) in [6.07, 6.45) is 1.01. The number of aliphatic hydroxyl groups is 1. The third kappa shape index (κ3) is 7.66. The van der Waals surface area contributed by atoms with Gasteiger partial charge in [-0.15, -0.1) is 0 Å². The molecule has 0 bridgehead atoms. The standard InChI is InChI=1S/C9H20N2O/c1-7(2)6-8(3)10-11-9(4,5)12/h7-8,12H,6H2,1-5H3. The van der Waals surface area contributed by atoms with E-state index in [4.69, 9.17) is 0 Å². The van der Waals surface area contributed by atoms with Crippen LogP contribution in [-0.2, 0) is 0 Å². The minimum atomic E-state index is -1.02. The first-order valence-electron chi connectivity index (χ1n) is 4.45. The number of azo groups is 1. The van der Waals surface area contributed by atoms with Crippen molar-refractivity contribution in [3.8, 4) is 0 Å². The van der Waals surface area contributed by atoms with Crippen molar-refractivity contribution in [1.29, 1.82) is 0 Å². The lowest BCUT2D eigenvalue weighted by atomic mass is 10.1. The molecule has 0 amide bonds. The average molecular weight is 172 g/mol. The molecule has 0 aliphatic heterocycles. The lowest BCUT2D eigenvalue weighted by Crippen LogP contribution is -2.14. The van der Waals surface area contributed by atoms with Gasteiger partial charge in [0.1, 0.15) is 0 Å². The van der Waals surface area contributed by atoms with Crippen molar-refractivity contribution in [2.45, 2.75) is 52.8 Å². The molecule has 3 heteroatoms. The van der Waals surface area contributed by atoms with Gasteiger partial charge in [0.25, 0.3) is 0 Å². The molecular formula is C9H20N2O. The maximum atomic E-state index is 9.24. The van der Waals surface area contributed by atoms with Gasteiger partial charge in [-0.05, 0) is 33.1 Å². The third-order valence-corrected chi connectivity index (χ3v) is 1.31. The highest BCUT2D eigenvalue weighted by molar-refractivity contribution is 4.63. The molecular weight excluding hydrogens is 152 g/mol. The molecule has 0 aliphatic rings. The van der Waals surface area contributed by atoms with Crippen molar-refractivity contribution in [3.63, 3.8) is 0 Å². The van der Waals surface area contributed by atoms with Crippen molar-refractivity contribution < 1.29 is 5.11 Å². The summed E-state index contributed by atoms with van der Waals surface area (Å²) in [6, 6.07) is 0.205. The molecule has 0 aromatic rings. The van der Waals surface area contributed by atoms with Gasteiger partial charge in [0, 0.05) is 0 Å². The van der Waals surface area contributed by atoms with Gasteiger partial charge in [-0.3, -0.25) is 0 Å². The molecule has 1 unspecified atom stereocenters.